The second-order valence-corrected chi connectivity index (χ2v) is 3.86. The van der Waals surface area contributed by atoms with Crippen LogP contribution in [0.3, 0.4) is 0 Å². The van der Waals surface area contributed by atoms with Crippen molar-refractivity contribution < 1.29 is 19.4 Å². The van der Waals surface area contributed by atoms with Gasteiger partial charge in [0.1, 0.15) is 23.5 Å². The van der Waals surface area contributed by atoms with E-state index >= 15 is 0 Å². The molecule has 0 fully saturated rings. The first kappa shape index (κ1) is 10.8. The Kier molecular flexibility index (Phi) is 2.50. The van der Waals surface area contributed by atoms with E-state index in [4.69, 9.17) is 9.47 Å². The number of benzene rings is 1. The highest BCUT2D eigenvalue weighted by atomic mass is 16.5. The Morgan fingerprint density at radius 2 is 2.38 bits per heavy atom. The van der Waals surface area contributed by atoms with Crippen molar-refractivity contribution in [1.82, 2.24) is 0 Å². The molecule has 1 aliphatic heterocycles. The van der Waals surface area contributed by atoms with Crippen molar-refractivity contribution in [3.63, 3.8) is 0 Å². The standard InChI is InChI=1S/C12H14O4/c1-3-12(11(13)14)7-16-9-6-4-5-8(15-2)10(9)12/h4-6H,3,7H2,1-2H3,(H,13,14). The second-order valence-electron chi connectivity index (χ2n) is 3.86. The third-order valence-electron chi connectivity index (χ3n) is 3.17. The molecule has 0 aromatic heterocycles. The SMILES string of the molecule is CCC1(C(=O)O)COc2cccc(OC)c21. The van der Waals surface area contributed by atoms with E-state index in [1.807, 2.05) is 6.92 Å². The Bertz CT molecular complexity index is 427. The van der Waals surface area contributed by atoms with Gasteiger partial charge in [0, 0.05) is 0 Å². The lowest BCUT2D eigenvalue weighted by atomic mass is 9.79. The fourth-order valence-corrected chi connectivity index (χ4v) is 2.14. The molecule has 1 aromatic carbocycles. The second kappa shape index (κ2) is 3.70. The van der Waals surface area contributed by atoms with Gasteiger partial charge in [-0.15, -0.1) is 0 Å². The van der Waals surface area contributed by atoms with E-state index in [0.29, 0.717) is 23.5 Å². The summed E-state index contributed by atoms with van der Waals surface area (Å²) in [5, 5.41) is 9.39. The summed E-state index contributed by atoms with van der Waals surface area (Å²) in [5.41, 5.74) is -0.311. The summed E-state index contributed by atoms with van der Waals surface area (Å²) < 4.78 is 10.7. The summed E-state index contributed by atoms with van der Waals surface area (Å²) in [4.78, 5) is 11.4. The van der Waals surface area contributed by atoms with E-state index in [1.54, 1.807) is 18.2 Å². The van der Waals surface area contributed by atoms with Gasteiger partial charge in [-0.1, -0.05) is 13.0 Å². The third-order valence-corrected chi connectivity index (χ3v) is 3.17. The lowest BCUT2D eigenvalue weighted by Gasteiger charge is -2.22. The molecule has 0 spiro atoms. The number of carboxylic acids is 1. The Hall–Kier alpha value is -1.71. The number of rotatable bonds is 3. The average Bonchev–Trinajstić information content (AvgIpc) is 2.68. The van der Waals surface area contributed by atoms with Gasteiger partial charge in [-0.25, -0.2) is 0 Å². The molecule has 0 saturated heterocycles. The van der Waals surface area contributed by atoms with Gasteiger partial charge in [0.2, 0.25) is 0 Å². The van der Waals surface area contributed by atoms with Gasteiger partial charge < -0.3 is 14.6 Å². The summed E-state index contributed by atoms with van der Waals surface area (Å²) >= 11 is 0. The largest absolute Gasteiger partial charge is 0.496 e. The number of hydrogen-bond donors (Lipinski definition) is 1. The van der Waals surface area contributed by atoms with Gasteiger partial charge in [0.05, 0.1) is 12.7 Å². The molecule has 0 bridgehead atoms. The van der Waals surface area contributed by atoms with Crippen LogP contribution >= 0.6 is 0 Å². The van der Waals surface area contributed by atoms with Crippen LogP contribution < -0.4 is 9.47 Å². The number of ether oxygens (including phenoxy) is 2. The number of carbonyl (C=O) groups is 1. The van der Waals surface area contributed by atoms with Crippen molar-refractivity contribution in [1.29, 1.82) is 0 Å². The van der Waals surface area contributed by atoms with Crippen molar-refractivity contribution >= 4 is 5.97 Å². The van der Waals surface area contributed by atoms with E-state index in [1.165, 1.54) is 7.11 Å². The fraction of sp³-hybridized carbons (Fsp3) is 0.417. The minimum absolute atomic E-state index is 0.175. The zero-order valence-corrected chi connectivity index (χ0v) is 9.32. The first-order valence-corrected chi connectivity index (χ1v) is 5.19. The zero-order chi connectivity index (χ0) is 11.8. The van der Waals surface area contributed by atoms with E-state index < -0.39 is 11.4 Å². The quantitative estimate of drug-likeness (QED) is 0.847. The Labute approximate surface area is 93.8 Å². The number of fused-ring (bicyclic) bond motifs is 1. The Morgan fingerprint density at radius 1 is 1.62 bits per heavy atom. The molecule has 1 aromatic rings. The van der Waals surface area contributed by atoms with Crippen LogP contribution in [0.25, 0.3) is 0 Å². The van der Waals surface area contributed by atoms with Gasteiger partial charge in [-0.2, -0.15) is 0 Å². The van der Waals surface area contributed by atoms with Crippen molar-refractivity contribution in [3.8, 4) is 11.5 Å². The Morgan fingerprint density at radius 3 is 2.94 bits per heavy atom. The van der Waals surface area contributed by atoms with Crippen LogP contribution in [0.4, 0.5) is 0 Å². The smallest absolute Gasteiger partial charge is 0.317 e. The van der Waals surface area contributed by atoms with Crippen LogP contribution in [0.15, 0.2) is 18.2 Å². The molecule has 4 nitrogen and oxygen atoms in total. The molecular formula is C12H14O4. The van der Waals surface area contributed by atoms with E-state index in [9.17, 15) is 9.90 Å². The molecule has 0 saturated carbocycles. The zero-order valence-electron chi connectivity index (χ0n) is 9.32. The van der Waals surface area contributed by atoms with Gasteiger partial charge >= 0.3 is 5.97 Å². The number of methoxy groups -OCH3 is 1. The molecule has 2 rings (SSSR count). The minimum atomic E-state index is -0.970. The summed E-state index contributed by atoms with van der Waals surface area (Å²) in [6.07, 6.45) is 0.482. The maximum atomic E-state index is 11.4. The minimum Gasteiger partial charge on any atom is -0.496 e. The highest BCUT2D eigenvalue weighted by Crippen LogP contribution is 2.46. The van der Waals surface area contributed by atoms with Crippen LogP contribution in [-0.4, -0.2) is 24.8 Å². The van der Waals surface area contributed by atoms with Crippen molar-refractivity contribution in [2.24, 2.45) is 0 Å². The van der Waals surface area contributed by atoms with Crippen molar-refractivity contribution in [2.45, 2.75) is 18.8 Å². The molecule has 16 heavy (non-hydrogen) atoms. The van der Waals surface area contributed by atoms with Gasteiger partial charge in [0.25, 0.3) is 0 Å². The summed E-state index contributed by atoms with van der Waals surface area (Å²) in [6.45, 7) is 2.02. The molecular weight excluding hydrogens is 208 g/mol. The topological polar surface area (TPSA) is 55.8 Å². The summed E-state index contributed by atoms with van der Waals surface area (Å²) in [5.74, 6) is 0.334. The molecule has 0 aliphatic carbocycles. The molecule has 1 unspecified atom stereocenters. The van der Waals surface area contributed by atoms with Gasteiger partial charge in [0.15, 0.2) is 0 Å². The molecule has 1 heterocycles. The molecule has 1 N–H and O–H groups in total. The van der Waals surface area contributed by atoms with Crippen molar-refractivity contribution in [2.75, 3.05) is 13.7 Å². The molecule has 1 atom stereocenters. The van der Waals surface area contributed by atoms with E-state index in [2.05, 4.69) is 0 Å². The van der Waals surface area contributed by atoms with Crippen LogP contribution in [0.5, 0.6) is 11.5 Å². The molecule has 4 heteroatoms. The molecule has 1 aliphatic rings. The maximum Gasteiger partial charge on any atom is 0.317 e. The van der Waals surface area contributed by atoms with Gasteiger partial charge in [-0.05, 0) is 18.6 Å². The van der Waals surface area contributed by atoms with E-state index in [0.717, 1.165) is 0 Å². The lowest BCUT2D eigenvalue weighted by Crippen LogP contribution is -2.37. The third kappa shape index (κ3) is 1.26. The molecule has 86 valence electrons. The number of carboxylic acid groups (broad SMARTS) is 1. The first-order chi connectivity index (χ1) is 7.65. The first-order valence-electron chi connectivity index (χ1n) is 5.19. The average molecular weight is 222 g/mol. The number of hydrogen-bond acceptors (Lipinski definition) is 3. The highest BCUT2D eigenvalue weighted by molar-refractivity contribution is 5.85. The highest BCUT2D eigenvalue weighted by Gasteiger charge is 2.48. The van der Waals surface area contributed by atoms with Crippen molar-refractivity contribution in [3.05, 3.63) is 23.8 Å². The Balaban J connectivity index is 2.64. The lowest BCUT2D eigenvalue weighted by molar-refractivity contribution is -0.144. The fourth-order valence-electron chi connectivity index (χ4n) is 2.14. The molecule has 0 radical (unpaired) electrons. The van der Waals surface area contributed by atoms with Crippen LogP contribution in [-0.2, 0) is 10.2 Å². The van der Waals surface area contributed by atoms with Crippen LogP contribution in [0.2, 0.25) is 0 Å². The van der Waals surface area contributed by atoms with E-state index in [-0.39, 0.29) is 6.61 Å². The monoisotopic (exact) mass is 222 g/mol. The molecule has 0 amide bonds. The summed E-state index contributed by atoms with van der Waals surface area (Å²) in [7, 11) is 1.54. The predicted octanol–water partition coefficient (Wildman–Crippen LogP) is 1.82. The summed E-state index contributed by atoms with van der Waals surface area (Å²) in [6, 6.07) is 5.34. The maximum absolute atomic E-state index is 11.4. The van der Waals surface area contributed by atoms with Crippen LogP contribution in [0.1, 0.15) is 18.9 Å². The van der Waals surface area contributed by atoms with Crippen LogP contribution in [0, 0.1) is 0 Å². The van der Waals surface area contributed by atoms with Gasteiger partial charge in [-0.3, -0.25) is 4.79 Å². The normalized spacial score (nSPS) is 22.4. The number of aliphatic carboxylic acids is 1. The predicted molar refractivity (Wildman–Crippen MR) is 58.1 cm³/mol.